The van der Waals surface area contributed by atoms with Crippen molar-refractivity contribution >= 4 is 60.0 Å². The van der Waals surface area contributed by atoms with E-state index < -0.39 is 20.0 Å². The maximum absolute atomic E-state index is 13.3. The average molecular weight is 822 g/mol. The first-order chi connectivity index (χ1) is 24.3. The molecule has 4 rings (SSSR count). The molecule has 0 bridgehead atoms. The third-order valence-corrected chi connectivity index (χ3v) is 10.3. The minimum absolute atomic E-state index is 0.0257. The molecule has 2 aromatic carbocycles. The molecule has 4 aromatic rings. The molecule has 16 heteroatoms. The van der Waals surface area contributed by atoms with Crippen molar-refractivity contribution < 1.29 is 30.7 Å². The summed E-state index contributed by atoms with van der Waals surface area (Å²) in [6.07, 6.45) is 9.23. The highest BCUT2D eigenvalue weighted by Gasteiger charge is 2.23. The van der Waals surface area contributed by atoms with Crippen molar-refractivity contribution in [2.45, 2.75) is 39.5 Å². The Hall–Kier alpha value is -4.12. The summed E-state index contributed by atoms with van der Waals surface area (Å²) in [6, 6.07) is 11.7. The van der Waals surface area contributed by atoms with Gasteiger partial charge in [0.15, 0.2) is 0 Å². The van der Waals surface area contributed by atoms with Crippen LogP contribution in [0.5, 0.6) is 0 Å². The van der Waals surface area contributed by atoms with E-state index in [2.05, 4.69) is 35.9 Å². The molecule has 0 spiro atoms. The predicted octanol–water partition coefficient (Wildman–Crippen LogP) is 7.02. The minimum atomic E-state index is -3.54. The molecule has 1 N–H and O–H groups in total. The van der Waals surface area contributed by atoms with E-state index in [0.717, 1.165) is 32.4 Å². The van der Waals surface area contributed by atoms with Crippen LogP contribution in [0, 0.1) is 11.6 Å². The lowest BCUT2D eigenvalue weighted by molar-refractivity contribution is 0.343. The standard InChI is InChI=1S/C18H21BrFN3O2S.C18H22FN3O3S/c1-12(2)16-15(6-5-11-19)17(13-7-9-14(20)10-8-13)22-18(21-16)23(3)26(4,24)25;1-12(2)16-15(6-5-11-23)17(13-7-9-14(19)10-8-13)21-18(20-16)22(3)26(4,24)25/h5-10,12H,11H2,1-4H3;5-10,12,23H,11H2,1-4H3/b2*6-5+. The van der Waals surface area contributed by atoms with Gasteiger partial charge in [-0.05, 0) is 60.4 Å². The van der Waals surface area contributed by atoms with Gasteiger partial charge in [-0.1, -0.05) is 67.9 Å². The van der Waals surface area contributed by atoms with Crippen LogP contribution in [0.4, 0.5) is 20.7 Å². The maximum Gasteiger partial charge on any atom is 0.239 e. The molecule has 0 saturated heterocycles. The number of nitrogens with zero attached hydrogens (tertiary/aromatic N) is 6. The van der Waals surface area contributed by atoms with E-state index in [1.807, 2.05) is 39.8 Å². The number of rotatable bonds is 12. The van der Waals surface area contributed by atoms with Crippen molar-refractivity contribution in [3.63, 3.8) is 0 Å². The third-order valence-electron chi connectivity index (χ3n) is 7.58. The van der Waals surface area contributed by atoms with Gasteiger partial charge in [-0.15, -0.1) is 0 Å². The minimum Gasteiger partial charge on any atom is -0.392 e. The number of allylic oxidation sites excluding steroid dienone is 1. The zero-order valence-electron chi connectivity index (χ0n) is 30.2. The summed E-state index contributed by atoms with van der Waals surface area (Å²) < 4.78 is 76.4. The van der Waals surface area contributed by atoms with Crippen LogP contribution < -0.4 is 8.61 Å². The molecule has 0 radical (unpaired) electrons. The lowest BCUT2D eigenvalue weighted by atomic mass is 9.98. The molecule has 0 unspecified atom stereocenters. The molecule has 0 atom stereocenters. The van der Waals surface area contributed by atoms with Gasteiger partial charge in [-0.2, -0.15) is 0 Å². The number of aliphatic hydroxyl groups excluding tert-OH is 1. The van der Waals surface area contributed by atoms with Crippen LogP contribution in [0.3, 0.4) is 0 Å². The van der Waals surface area contributed by atoms with E-state index in [1.165, 1.54) is 38.4 Å². The summed E-state index contributed by atoms with van der Waals surface area (Å²) >= 11 is 3.36. The molecule has 0 saturated carbocycles. The van der Waals surface area contributed by atoms with Crippen LogP contribution in [-0.2, 0) is 20.0 Å². The molecule has 2 heterocycles. The number of anilines is 2. The van der Waals surface area contributed by atoms with Gasteiger partial charge in [0.1, 0.15) is 11.6 Å². The first-order valence-corrected chi connectivity index (χ1v) is 20.8. The van der Waals surface area contributed by atoms with Gasteiger partial charge < -0.3 is 5.11 Å². The molecule has 52 heavy (non-hydrogen) atoms. The van der Waals surface area contributed by atoms with Crippen molar-refractivity contribution in [1.82, 2.24) is 19.9 Å². The average Bonchev–Trinajstić information content (AvgIpc) is 3.08. The Bertz CT molecular complexity index is 1980. The van der Waals surface area contributed by atoms with Gasteiger partial charge in [0.05, 0.1) is 41.9 Å². The van der Waals surface area contributed by atoms with Gasteiger partial charge in [0.25, 0.3) is 0 Å². The zero-order chi connectivity index (χ0) is 39.0. The SMILES string of the molecule is CC(C)c1nc(N(C)S(C)(=O)=O)nc(-c2ccc(F)cc2)c1/C=C/CBr.CC(C)c1nc(N(C)S(C)(=O)=O)nc(-c2ccc(F)cc2)c1/C=C/CO. The Morgan fingerprint density at radius 3 is 1.31 bits per heavy atom. The molecule has 2 aromatic heterocycles. The van der Waals surface area contributed by atoms with E-state index in [4.69, 9.17) is 5.11 Å². The fourth-order valence-corrected chi connectivity index (χ4v) is 5.67. The number of sulfonamides is 2. The van der Waals surface area contributed by atoms with Crippen LogP contribution in [0.2, 0.25) is 0 Å². The highest BCUT2D eigenvalue weighted by Crippen LogP contribution is 2.33. The molecule has 11 nitrogen and oxygen atoms in total. The van der Waals surface area contributed by atoms with Crippen molar-refractivity contribution in [1.29, 1.82) is 0 Å². The largest absolute Gasteiger partial charge is 0.392 e. The fraction of sp³-hybridized carbons (Fsp3) is 0.333. The van der Waals surface area contributed by atoms with Crippen molar-refractivity contribution in [2.75, 3.05) is 47.2 Å². The van der Waals surface area contributed by atoms with Gasteiger partial charge in [-0.25, -0.2) is 54.2 Å². The maximum atomic E-state index is 13.3. The predicted molar refractivity (Wildman–Crippen MR) is 208 cm³/mol. The molecular formula is C36H43BrF2N6O5S2. The second kappa shape index (κ2) is 18.1. The highest BCUT2D eigenvalue weighted by atomic mass is 79.9. The summed E-state index contributed by atoms with van der Waals surface area (Å²) in [5, 5.41) is 9.79. The lowest BCUT2D eigenvalue weighted by Crippen LogP contribution is -2.27. The van der Waals surface area contributed by atoms with Gasteiger partial charge in [-0.3, -0.25) is 0 Å². The normalized spacial score (nSPS) is 12.1. The number of aliphatic hydroxyl groups is 1. The molecule has 0 fully saturated rings. The van der Waals surface area contributed by atoms with Crippen molar-refractivity contribution in [2.24, 2.45) is 0 Å². The van der Waals surface area contributed by atoms with Crippen molar-refractivity contribution in [3.05, 3.63) is 94.8 Å². The summed E-state index contributed by atoms with van der Waals surface area (Å²) in [7, 11) is -4.26. The van der Waals surface area contributed by atoms with Crippen LogP contribution >= 0.6 is 15.9 Å². The van der Waals surface area contributed by atoms with E-state index in [1.54, 1.807) is 36.4 Å². The zero-order valence-corrected chi connectivity index (χ0v) is 33.4. The number of alkyl halides is 1. The number of hydrogen-bond acceptors (Lipinski definition) is 9. The first-order valence-electron chi connectivity index (χ1n) is 16.0. The van der Waals surface area contributed by atoms with Gasteiger partial charge in [0, 0.05) is 41.7 Å². The smallest absolute Gasteiger partial charge is 0.239 e. The van der Waals surface area contributed by atoms with Crippen LogP contribution in [0.1, 0.15) is 62.0 Å². The van der Waals surface area contributed by atoms with Gasteiger partial charge >= 0.3 is 0 Å². The van der Waals surface area contributed by atoms with Crippen LogP contribution in [-0.4, -0.2) is 80.4 Å². The van der Waals surface area contributed by atoms with Crippen molar-refractivity contribution in [3.8, 4) is 22.5 Å². The molecule has 0 aliphatic heterocycles. The molecule has 0 aliphatic rings. The summed E-state index contributed by atoms with van der Waals surface area (Å²) in [5.41, 5.74) is 5.15. The van der Waals surface area contributed by atoms with Gasteiger partial charge in [0.2, 0.25) is 31.9 Å². The Balaban J connectivity index is 0.000000280. The van der Waals surface area contributed by atoms with E-state index in [-0.39, 0.29) is 42.0 Å². The lowest BCUT2D eigenvalue weighted by Gasteiger charge is -2.20. The summed E-state index contributed by atoms with van der Waals surface area (Å²) in [5.74, 6) is -0.588. The first kappa shape index (κ1) is 42.3. The highest BCUT2D eigenvalue weighted by molar-refractivity contribution is 9.09. The van der Waals surface area contributed by atoms with E-state index in [0.29, 0.717) is 39.1 Å². The third kappa shape index (κ3) is 10.9. The Labute approximate surface area is 313 Å². The Morgan fingerprint density at radius 1 is 0.673 bits per heavy atom. The molecular weight excluding hydrogens is 778 g/mol. The fourth-order valence-electron chi connectivity index (χ4n) is 4.72. The quantitative estimate of drug-likeness (QED) is 0.149. The van der Waals surface area contributed by atoms with E-state index >= 15 is 0 Å². The number of halogens is 3. The molecule has 0 amide bonds. The summed E-state index contributed by atoms with van der Waals surface area (Å²) in [4.78, 5) is 17.8. The number of hydrogen-bond donors (Lipinski definition) is 1. The summed E-state index contributed by atoms with van der Waals surface area (Å²) in [6.45, 7) is 7.65. The Kier molecular flexibility index (Phi) is 14.7. The van der Waals surface area contributed by atoms with Crippen LogP contribution in [0.15, 0.2) is 60.7 Å². The molecule has 0 aliphatic carbocycles. The van der Waals surface area contributed by atoms with Crippen LogP contribution in [0.25, 0.3) is 34.7 Å². The number of aromatic nitrogens is 4. The van der Waals surface area contributed by atoms with E-state index in [9.17, 15) is 25.6 Å². The number of benzene rings is 2. The monoisotopic (exact) mass is 820 g/mol. The second-order valence-corrected chi connectivity index (χ2v) is 16.9. The topological polar surface area (TPSA) is 147 Å². The molecule has 280 valence electrons. The Morgan fingerprint density at radius 2 is 1.02 bits per heavy atom. The second-order valence-electron chi connectivity index (χ2n) is 12.3.